The lowest BCUT2D eigenvalue weighted by Crippen LogP contribution is -2.33. The number of ether oxygens (including phenoxy) is 2. The number of carbonyl (C=O) groups excluding carboxylic acids is 2. The fourth-order valence-electron chi connectivity index (χ4n) is 1.61. The van der Waals surface area contributed by atoms with Crippen LogP contribution in [0.3, 0.4) is 0 Å². The summed E-state index contributed by atoms with van der Waals surface area (Å²) in [6.07, 6.45) is 2.27. The minimum atomic E-state index is -0.545. The molecule has 0 aromatic rings. The van der Waals surface area contributed by atoms with Crippen molar-refractivity contribution in [3.8, 4) is 0 Å². The lowest BCUT2D eigenvalue weighted by molar-refractivity contribution is -0.135. The summed E-state index contributed by atoms with van der Waals surface area (Å²) < 4.78 is 9.73. The molecular formula is C13H23NO4. The van der Waals surface area contributed by atoms with Crippen LogP contribution >= 0.6 is 0 Å². The van der Waals surface area contributed by atoms with Crippen molar-refractivity contribution < 1.29 is 19.1 Å². The molecule has 0 radical (unpaired) electrons. The highest BCUT2D eigenvalue weighted by Gasteiger charge is 2.19. The topological polar surface area (TPSA) is 55.8 Å². The molecule has 0 bridgehead atoms. The molecule has 0 rings (SSSR count). The molecule has 0 unspecified atom stereocenters. The molecule has 0 N–H and O–H groups in total. The van der Waals surface area contributed by atoms with Gasteiger partial charge in [-0.05, 0) is 20.2 Å². The first-order valence-corrected chi connectivity index (χ1v) is 5.78. The summed E-state index contributed by atoms with van der Waals surface area (Å²) in [6, 6.07) is 0. The number of hydrogen-bond acceptors (Lipinski definition) is 5. The molecule has 0 spiro atoms. The average molecular weight is 257 g/mol. The zero-order chi connectivity index (χ0) is 14.2. The van der Waals surface area contributed by atoms with Crippen LogP contribution in [0.5, 0.6) is 0 Å². The van der Waals surface area contributed by atoms with Gasteiger partial charge in [0.15, 0.2) is 5.78 Å². The summed E-state index contributed by atoms with van der Waals surface area (Å²) in [6.45, 7) is 5.48. The van der Waals surface area contributed by atoms with Crippen molar-refractivity contribution in [3.05, 3.63) is 12.2 Å². The van der Waals surface area contributed by atoms with E-state index in [1.54, 1.807) is 0 Å². The van der Waals surface area contributed by atoms with E-state index in [-0.39, 0.29) is 17.8 Å². The van der Waals surface area contributed by atoms with Gasteiger partial charge in [-0.25, -0.2) is 4.79 Å². The number of esters is 1. The third kappa shape index (κ3) is 8.90. The number of ketones is 1. The first-order valence-electron chi connectivity index (χ1n) is 5.78. The molecule has 104 valence electrons. The second-order valence-corrected chi connectivity index (χ2v) is 5.22. The third-order valence-corrected chi connectivity index (χ3v) is 2.09. The highest BCUT2D eigenvalue weighted by Crippen LogP contribution is 2.15. The van der Waals surface area contributed by atoms with Gasteiger partial charge in [0.2, 0.25) is 0 Å². The first kappa shape index (κ1) is 16.8. The molecule has 0 atom stereocenters. The zero-order valence-electron chi connectivity index (χ0n) is 11.9. The maximum Gasteiger partial charge on any atom is 0.330 e. The number of carbonyl (C=O) groups is 2. The Balaban J connectivity index is 3.94. The molecule has 0 aromatic carbocycles. The SMILES string of the molecule is COC(=O)/C=C/C(=O)COCC(C)(C)CN(C)C. The van der Waals surface area contributed by atoms with E-state index < -0.39 is 5.97 Å². The second kappa shape index (κ2) is 8.00. The molecule has 5 heteroatoms. The smallest absolute Gasteiger partial charge is 0.330 e. The summed E-state index contributed by atoms with van der Waals surface area (Å²) >= 11 is 0. The van der Waals surface area contributed by atoms with E-state index in [1.165, 1.54) is 13.2 Å². The van der Waals surface area contributed by atoms with Crippen LogP contribution in [0.1, 0.15) is 13.8 Å². The second-order valence-electron chi connectivity index (χ2n) is 5.22. The van der Waals surface area contributed by atoms with E-state index in [1.807, 2.05) is 14.1 Å². The van der Waals surface area contributed by atoms with E-state index in [9.17, 15) is 9.59 Å². The Kier molecular flexibility index (Phi) is 7.47. The summed E-state index contributed by atoms with van der Waals surface area (Å²) in [4.78, 5) is 24.2. The van der Waals surface area contributed by atoms with Gasteiger partial charge in [-0.3, -0.25) is 4.79 Å². The quantitative estimate of drug-likeness (QED) is 0.477. The Labute approximate surface area is 109 Å². The highest BCUT2D eigenvalue weighted by molar-refractivity contribution is 5.96. The van der Waals surface area contributed by atoms with E-state index in [0.29, 0.717) is 6.61 Å². The normalized spacial score (nSPS) is 12.1. The maximum absolute atomic E-state index is 11.3. The van der Waals surface area contributed by atoms with Crippen LogP contribution in [0.25, 0.3) is 0 Å². The minimum Gasteiger partial charge on any atom is -0.466 e. The van der Waals surface area contributed by atoms with Crippen LogP contribution in [0, 0.1) is 5.41 Å². The molecule has 0 aromatic heterocycles. The molecule has 0 saturated heterocycles. The predicted molar refractivity (Wildman–Crippen MR) is 69.3 cm³/mol. The molecule has 0 aliphatic heterocycles. The largest absolute Gasteiger partial charge is 0.466 e. The van der Waals surface area contributed by atoms with Gasteiger partial charge in [-0.1, -0.05) is 13.8 Å². The van der Waals surface area contributed by atoms with Crippen molar-refractivity contribution in [2.24, 2.45) is 5.41 Å². The molecular weight excluding hydrogens is 234 g/mol. The van der Waals surface area contributed by atoms with Crippen molar-refractivity contribution in [1.29, 1.82) is 0 Å². The van der Waals surface area contributed by atoms with Crippen LogP contribution in [0.15, 0.2) is 12.2 Å². The van der Waals surface area contributed by atoms with Crippen LogP contribution in [0.2, 0.25) is 0 Å². The molecule has 5 nitrogen and oxygen atoms in total. The lowest BCUT2D eigenvalue weighted by Gasteiger charge is -2.27. The van der Waals surface area contributed by atoms with Gasteiger partial charge in [-0.2, -0.15) is 0 Å². The summed E-state index contributed by atoms with van der Waals surface area (Å²) in [5, 5.41) is 0. The zero-order valence-corrected chi connectivity index (χ0v) is 11.9. The lowest BCUT2D eigenvalue weighted by atomic mass is 9.94. The third-order valence-electron chi connectivity index (χ3n) is 2.09. The summed E-state index contributed by atoms with van der Waals surface area (Å²) in [5.41, 5.74) is -0.0180. The first-order chi connectivity index (χ1) is 8.26. The number of nitrogens with zero attached hydrogens (tertiary/aromatic N) is 1. The number of hydrogen-bond donors (Lipinski definition) is 0. The Hall–Kier alpha value is -1.20. The molecule has 0 heterocycles. The standard InChI is InChI=1S/C13H23NO4/c1-13(2,9-14(3)4)10-18-8-11(15)6-7-12(16)17-5/h6-7H,8-10H2,1-5H3/b7-6+. The molecule has 0 fully saturated rings. The molecule has 0 saturated carbocycles. The monoisotopic (exact) mass is 257 g/mol. The van der Waals surface area contributed by atoms with Crippen LogP contribution in [0.4, 0.5) is 0 Å². The summed E-state index contributed by atoms with van der Waals surface area (Å²) in [5.74, 6) is -0.794. The van der Waals surface area contributed by atoms with Gasteiger partial charge in [0, 0.05) is 18.0 Å². The fourth-order valence-corrected chi connectivity index (χ4v) is 1.61. The molecule has 18 heavy (non-hydrogen) atoms. The Morgan fingerprint density at radius 3 is 2.33 bits per heavy atom. The average Bonchev–Trinajstić information content (AvgIpc) is 2.23. The van der Waals surface area contributed by atoms with Crippen molar-refractivity contribution in [3.63, 3.8) is 0 Å². The fraction of sp³-hybridized carbons (Fsp3) is 0.692. The maximum atomic E-state index is 11.3. The van der Waals surface area contributed by atoms with Gasteiger partial charge >= 0.3 is 5.97 Å². The Morgan fingerprint density at radius 2 is 1.83 bits per heavy atom. The molecule has 0 amide bonds. The molecule has 0 aliphatic rings. The van der Waals surface area contributed by atoms with Gasteiger partial charge in [0.1, 0.15) is 6.61 Å². The van der Waals surface area contributed by atoms with Crippen LogP contribution in [-0.2, 0) is 19.1 Å². The molecule has 0 aliphatic carbocycles. The van der Waals surface area contributed by atoms with E-state index in [4.69, 9.17) is 4.74 Å². The van der Waals surface area contributed by atoms with Gasteiger partial charge in [-0.15, -0.1) is 0 Å². The minimum absolute atomic E-state index is 0.0180. The highest BCUT2D eigenvalue weighted by atomic mass is 16.5. The van der Waals surface area contributed by atoms with Crippen molar-refractivity contribution in [2.75, 3.05) is 41.0 Å². The van der Waals surface area contributed by atoms with Crippen molar-refractivity contribution >= 4 is 11.8 Å². The van der Waals surface area contributed by atoms with Gasteiger partial charge < -0.3 is 14.4 Å². The van der Waals surface area contributed by atoms with E-state index >= 15 is 0 Å². The van der Waals surface area contributed by atoms with Crippen molar-refractivity contribution in [2.45, 2.75) is 13.8 Å². The predicted octanol–water partition coefficient (Wildman–Crippen LogP) is 0.889. The van der Waals surface area contributed by atoms with Gasteiger partial charge in [0.25, 0.3) is 0 Å². The van der Waals surface area contributed by atoms with E-state index in [0.717, 1.165) is 12.6 Å². The summed E-state index contributed by atoms with van der Waals surface area (Å²) in [7, 11) is 5.25. The Bertz CT molecular complexity index is 308. The number of methoxy groups -OCH3 is 1. The van der Waals surface area contributed by atoms with E-state index in [2.05, 4.69) is 23.5 Å². The van der Waals surface area contributed by atoms with Crippen molar-refractivity contribution in [1.82, 2.24) is 4.90 Å². The number of rotatable bonds is 8. The van der Waals surface area contributed by atoms with Gasteiger partial charge in [0.05, 0.1) is 13.7 Å². The van der Waals surface area contributed by atoms with Crippen LogP contribution < -0.4 is 0 Å². The van der Waals surface area contributed by atoms with Crippen LogP contribution in [-0.4, -0.2) is 57.6 Å². The Morgan fingerprint density at radius 1 is 1.22 bits per heavy atom.